The molecule has 1 aromatic heterocycles. The van der Waals surface area contributed by atoms with E-state index in [0.29, 0.717) is 13.1 Å². The summed E-state index contributed by atoms with van der Waals surface area (Å²) < 4.78 is 3.92. The van der Waals surface area contributed by atoms with Crippen LogP contribution < -0.4 is 4.57 Å². The molecule has 0 spiro atoms. The van der Waals surface area contributed by atoms with Gasteiger partial charge in [0, 0.05) is 6.92 Å². The Kier molecular flexibility index (Phi) is 2.56. The molecule has 1 rings (SSSR count). The van der Waals surface area contributed by atoms with Gasteiger partial charge in [-0.25, -0.2) is 9.13 Å². The van der Waals surface area contributed by atoms with Gasteiger partial charge in [0.25, 0.3) is 0 Å². The van der Waals surface area contributed by atoms with E-state index in [1.807, 2.05) is 28.6 Å². The first kappa shape index (κ1) is 8.43. The van der Waals surface area contributed by atoms with Crippen LogP contribution in [0.25, 0.3) is 0 Å². The second-order valence-electron chi connectivity index (χ2n) is 2.59. The fourth-order valence-electron chi connectivity index (χ4n) is 1.07. The summed E-state index contributed by atoms with van der Waals surface area (Å²) in [6.45, 7) is 3.20. The molecule has 0 aliphatic carbocycles. The molecule has 0 saturated carbocycles. The molecule has 2 heteroatoms. The first-order chi connectivity index (χ1) is 5.77. The molecule has 0 atom stereocenters. The van der Waals surface area contributed by atoms with Gasteiger partial charge in [-0.3, -0.25) is 0 Å². The summed E-state index contributed by atoms with van der Waals surface area (Å²) >= 11 is 0. The second kappa shape index (κ2) is 3.64. The highest BCUT2D eigenvalue weighted by Crippen LogP contribution is 1.93. The van der Waals surface area contributed by atoms with E-state index >= 15 is 0 Å². The van der Waals surface area contributed by atoms with Crippen LogP contribution in [0.2, 0.25) is 0 Å². The van der Waals surface area contributed by atoms with Crippen LogP contribution in [0.3, 0.4) is 0 Å². The molecule has 1 heterocycles. The Balaban J connectivity index is 2.88. The Hall–Kier alpha value is -1.67. The highest BCUT2D eigenvalue weighted by atomic mass is 15.1. The van der Waals surface area contributed by atoms with Crippen LogP contribution in [0.15, 0.2) is 12.5 Å². The Morgan fingerprint density at radius 3 is 2.83 bits per heavy atom. The van der Waals surface area contributed by atoms with Gasteiger partial charge in [-0.2, -0.15) is 0 Å². The Bertz CT molecular complexity index is 347. The van der Waals surface area contributed by atoms with Gasteiger partial charge < -0.3 is 0 Å². The zero-order valence-corrected chi connectivity index (χ0v) is 7.12. The van der Waals surface area contributed by atoms with Crippen molar-refractivity contribution < 1.29 is 4.57 Å². The molecule has 0 aromatic carbocycles. The maximum Gasteiger partial charge on any atom is 0.245 e. The quantitative estimate of drug-likeness (QED) is 0.435. The number of aromatic nitrogens is 2. The molecule has 0 fully saturated rings. The molecule has 0 aliphatic heterocycles. The second-order valence-corrected chi connectivity index (χ2v) is 2.59. The lowest BCUT2D eigenvalue weighted by molar-refractivity contribution is -0.684. The van der Waals surface area contributed by atoms with Gasteiger partial charge in [0.2, 0.25) is 6.33 Å². The summed E-state index contributed by atoms with van der Waals surface area (Å²) in [5, 5.41) is 0. The molecule has 0 N–H and O–H groups in total. The van der Waals surface area contributed by atoms with Crippen molar-refractivity contribution in [3.8, 4) is 24.7 Å². The lowest BCUT2D eigenvalue weighted by Gasteiger charge is -1.87. The predicted octanol–water partition coefficient (Wildman–Crippen LogP) is 0.350. The molecular weight excluding hydrogens is 148 g/mol. The molecular formula is C10H11N2+. The van der Waals surface area contributed by atoms with E-state index in [4.69, 9.17) is 12.8 Å². The molecule has 0 aliphatic rings. The number of terminal acetylenes is 2. The van der Waals surface area contributed by atoms with E-state index in [2.05, 4.69) is 11.8 Å². The van der Waals surface area contributed by atoms with Crippen LogP contribution in [-0.4, -0.2) is 4.57 Å². The number of hydrogen-bond donors (Lipinski definition) is 0. The molecule has 0 amide bonds. The number of nitrogens with zero attached hydrogens (tertiary/aromatic N) is 2. The monoisotopic (exact) mass is 159 g/mol. The first-order valence-electron chi connectivity index (χ1n) is 3.70. The Morgan fingerprint density at radius 2 is 2.25 bits per heavy atom. The normalized spacial score (nSPS) is 8.92. The Morgan fingerprint density at radius 1 is 1.50 bits per heavy atom. The molecule has 60 valence electrons. The largest absolute Gasteiger partial charge is 0.245 e. The summed E-state index contributed by atoms with van der Waals surface area (Å²) in [5.74, 6) is 5.14. The minimum absolute atomic E-state index is 0.596. The van der Waals surface area contributed by atoms with Crippen molar-refractivity contribution >= 4 is 0 Å². The molecule has 12 heavy (non-hydrogen) atoms. The van der Waals surface area contributed by atoms with E-state index in [0.717, 1.165) is 5.69 Å². The van der Waals surface area contributed by atoms with E-state index in [1.165, 1.54) is 0 Å². The molecule has 0 unspecified atom stereocenters. The zero-order chi connectivity index (χ0) is 8.97. The number of rotatable bonds is 2. The highest BCUT2D eigenvalue weighted by Gasteiger charge is 2.05. The van der Waals surface area contributed by atoms with Gasteiger partial charge in [0.05, 0.1) is 0 Å². The SMILES string of the molecule is C#CCn1c[n+](CC#C)cc1C. The van der Waals surface area contributed by atoms with Crippen molar-refractivity contribution in [1.82, 2.24) is 4.57 Å². The predicted molar refractivity (Wildman–Crippen MR) is 47.0 cm³/mol. The smallest absolute Gasteiger partial charge is 0.225 e. The van der Waals surface area contributed by atoms with E-state index in [9.17, 15) is 0 Å². The average Bonchev–Trinajstić information content (AvgIpc) is 2.34. The third-order valence-electron chi connectivity index (χ3n) is 1.63. The molecule has 0 saturated heterocycles. The fourth-order valence-corrected chi connectivity index (χ4v) is 1.07. The first-order valence-corrected chi connectivity index (χ1v) is 3.70. The molecule has 0 radical (unpaired) electrons. The average molecular weight is 159 g/mol. The van der Waals surface area contributed by atoms with Gasteiger partial charge in [-0.05, 0) is 0 Å². The van der Waals surface area contributed by atoms with Gasteiger partial charge in [-0.1, -0.05) is 11.8 Å². The third kappa shape index (κ3) is 1.68. The minimum atomic E-state index is 0.596. The summed E-state index contributed by atoms with van der Waals surface area (Å²) in [4.78, 5) is 0. The standard InChI is InChI=1S/C10H11N2/c1-4-6-11-8-10(3)12(9-11)7-5-2/h1-2,8-9H,6-7H2,3H3/q+1. The fraction of sp³-hybridized carbons (Fsp3) is 0.300. The van der Waals surface area contributed by atoms with E-state index in [-0.39, 0.29) is 0 Å². The number of hydrogen-bond acceptors (Lipinski definition) is 0. The van der Waals surface area contributed by atoms with Gasteiger partial charge in [0.1, 0.15) is 11.9 Å². The Labute approximate surface area is 72.8 Å². The molecule has 2 nitrogen and oxygen atoms in total. The van der Waals surface area contributed by atoms with E-state index in [1.54, 1.807) is 0 Å². The van der Waals surface area contributed by atoms with Gasteiger partial charge in [-0.15, -0.1) is 12.8 Å². The molecule has 0 bridgehead atoms. The van der Waals surface area contributed by atoms with Crippen LogP contribution in [0.5, 0.6) is 0 Å². The number of imidazole rings is 1. The summed E-state index contributed by atoms with van der Waals surface area (Å²) in [5.41, 5.74) is 1.13. The lowest BCUT2D eigenvalue weighted by atomic mass is 10.5. The topological polar surface area (TPSA) is 8.81 Å². The van der Waals surface area contributed by atoms with Crippen LogP contribution in [0.1, 0.15) is 5.69 Å². The van der Waals surface area contributed by atoms with Crippen LogP contribution >= 0.6 is 0 Å². The third-order valence-corrected chi connectivity index (χ3v) is 1.63. The maximum atomic E-state index is 5.19. The zero-order valence-electron chi connectivity index (χ0n) is 7.12. The van der Waals surface area contributed by atoms with Crippen molar-refractivity contribution in [3.05, 3.63) is 18.2 Å². The van der Waals surface area contributed by atoms with Crippen molar-refractivity contribution in [2.75, 3.05) is 0 Å². The van der Waals surface area contributed by atoms with Crippen molar-refractivity contribution in [2.45, 2.75) is 20.0 Å². The van der Waals surface area contributed by atoms with E-state index < -0.39 is 0 Å². The highest BCUT2D eigenvalue weighted by molar-refractivity contribution is 4.95. The minimum Gasteiger partial charge on any atom is -0.225 e. The van der Waals surface area contributed by atoms with Crippen LogP contribution in [0, 0.1) is 31.6 Å². The van der Waals surface area contributed by atoms with Crippen LogP contribution in [0.4, 0.5) is 0 Å². The van der Waals surface area contributed by atoms with Crippen LogP contribution in [-0.2, 0) is 13.1 Å². The summed E-state index contributed by atoms with van der Waals surface area (Å²) in [6.07, 6.45) is 14.3. The lowest BCUT2D eigenvalue weighted by Crippen LogP contribution is -2.29. The van der Waals surface area contributed by atoms with Crippen molar-refractivity contribution in [2.24, 2.45) is 0 Å². The van der Waals surface area contributed by atoms with Crippen molar-refractivity contribution in [3.63, 3.8) is 0 Å². The van der Waals surface area contributed by atoms with Crippen molar-refractivity contribution in [1.29, 1.82) is 0 Å². The summed E-state index contributed by atoms with van der Waals surface area (Å²) in [6, 6.07) is 0. The van der Waals surface area contributed by atoms with Gasteiger partial charge in [0.15, 0.2) is 13.1 Å². The number of aryl methyl sites for hydroxylation is 1. The molecule has 1 aromatic rings. The van der Waals surface area contributed by atoms with Gasteiger partial charge >= 0.3 is 0 Å². The summed E-state index contributed by atoms with van der Waals surface area (Å²) in [7, 11) is 0. The maximum absolute atomic E-state index is 5.19.